The fourth-order valence-corrected chi connectivity index (χ4v) is 7.00. The third kappa shape index (κ3) is 4.41. The number of nitrogens with zero attached hydrogens (tertiary/aromatic N) is 1. The first-order chi connectivity index (χ1) is 13.9. The number of hydrogen-bond acceptors (Lipinski definition) is 5. The second-order valence-corrected chi connectivity index (χ2v) is 10.4. The van der Waals surface area contributed by atoms with Gasteiger partial charge in [0.15, 0.2) is 0 Å². The number of Topliss-reactive ketones (excluding diaryl/α,β-unsaturated/α-hetero) is 1. The summed E-state index contributed by atoms with van der Waals surface area (Å²) in [5.41, 5.74) is 5.42. The number of carbonyl (C=O) groups excluding carboxylic acids is 1. The molecule has 0 saturated heterocycles. The van der Waals surface area contributed by atoms with E-state index in [0.717, 1.165) is 64.2 Å². The van der Waals surface area contributed by atoms with Crippen molar-refractivity contribution < 1.29 is 14.7 Å². The van der Waals surface area contributed by atoms with Gasteiger partial charge in [0.1, 0.15) is 12.4 Å². The van der Waals surface area contributed by atoms with Crippen LogP contribution in [0, 0.1) is 34.5 Å². The van der Waals surface area contributed by atoms with Crippen molar-refractivity contribution in [3.8, 4) is 0 Å². The summed E-state index contributed by atoms with van der Waals surface area (Å²) in [5, 5.41) is 14.2. The Morgan fingerprint density at radius 1 is 1.28 bits per heavy atom. The van der Waals surface area contributed by atoms with Gasteiger partial charge in [0.2, 0.25) is 0 Å². The average Bonchev–Trinajstić information content (AvgIpc) is 2.70. The van der Waals surface area contributed by atoms with E-state index in [1.807, 2.05) is 6.21 Å². The van der Waals surface area contributed by atoms with Gasteiger partial charge in [0.25, 0.3) is 0 Å². The Morgan fingerprint density at radius 2 is 2.07 bits per heavy atom. The average molecular weight is 407 g/mol. The molecule has 3 aliphatic rings. The van der Waals surface area contributed by atoms with E-state index in [1.54, 1.807) is 0 Å². The van der Waals surface area contributed by atoms with Gasteiger partial charge in [-0.1, -0.05) is 32.3 Å². The Balaban J connectivity index is 1.73. The summed E-state index contributed by atoms with van der Waals surface area (Å²) < 4.78 is 0. The lowest BCUT2D eigenvalue weighted by molar-refractivity contribution is -0.157. The zero-order chi connectivity index (χ0) is 21.1. The van der Waals surface area contributed by atoms with Crippen LogP contribution in [0.4, 0.5) is 0 Å². The van der Waals surface area contributed by atoms with Gasteiger partial charge in [0.05, 0.1) is 6.10 Å². The Bertz CT molecular complexity index is 595. The topological polar surface area (TPSA) is 84.9 Å². The monoisotopic (exact) mass is 406 g/mol. The molecule has 3 N–H and O–H groups in total. The third-order valence-electron chi connectivity index (χ3n) is 8.83. The maximum absolute atomic E-state index is 13.9. The maximum atomic E-state index is 13.9. The standard InChI is InChI=1S/C24H42N2O3/c1-4-5-17(10-14-26-29-15-13-25)24(3)12-9-21-20(22(24)28)7-6-18-16-19(27)8-11-23(18,21)2/h14,17-21,27H,4-13,15-16,25H2,1-3H3/b26-14+/t17-,18+,19-,20+,21-,23-,24+/m0/s1. The Morgan fingerprint density at radius 3 is 2.79 bits per heavy atom. The Hall–Kier alpha value is -0.940. The Kier molecular flexibility index (Phi) is 7.42. The van der Waals surface area contributed by atoms with Crippen molar-refractivity contribution >= 4 is 12.0 Å². The summed E-state index contributed by atoms with van der Waals surface area (Å²) in [6.07, 6.45) is 11.8. The van der Waals surface area contributed by atoms with E-state index in [1.165, 1.54) is 0 Å². The highest BCUT2D eigenvalue weighted by Crippen LogP contribution is 2.61. The first-order valence-corrected chi connectivity index (χ1v) is 11.9. The molecule has 3 rings (SSSR count). The summed E-state index contributed by atoms with van der Waals surface area (Å²) in [6.45, 7) is 7.74. The lowest BCUT2D eigenvalue weighted by Crippen LogP contribution is -2.56. The molecule has 3 saturated carbocycles. The van der Waals surface area contributed by atoms with Crippen LogP contribution >= 0.6 is 0 Å². The Labute approximate surface area is 176 Å². The van der Waals surface area contributed by atoms with Gasteiger partial charge in [-0.15, -0.1) is 0 Å². The van der Waals surface area contributed by atoms with E-state index in [0.29, 0.717) is 36.7 Å². The highest BCUT2D eigenvalue weighted by Gasteiger charge is 2.57. The quantitative estimate of drug-likeness (QED) is 0.357. The van der Waals surface area contributed by atoms with Crippen molar-refractivity contribution in [3.05, 3.63) is 0 Å². The van der Waals surface area contributed by atoms with E-state index in [2.05, 4.69) is 25.9 Å². The van der Waals surface area contributed by atoms with Crippen LogP contribution in [-0.2, 0) is 9.63 Å². The van der Waals surface area contributed by atoms with Gasteiger partial charge in [0, 0.05) is 24.1 Å². The van der Waals surface area contributed by atoms with E-state index in [-0.39, 0.29) is 22.9 Å². The van der Waals surface area contributed by atoms with Gasteiger partial charge in [-0.2, -0.15) is 0 Å². The molecule has 5 nitrogen and oxygen atoms in total. The van der Waals surface area contributed by atoms with Gasteiger partial charge in [-0.3, -0.25) is 4.79 Å². The minimum absolute atomic E-state index is 0.135. The summed E-state index contributed by atoms with van der Waals surface area (Å²) in [7, 11) is 0. The van der Waals surface area contributed by atoms with E-state index in [4.69, 9.17) is 10.6 Å². The summed E-state index contributed by atoms with van der Waals surface area (Å²) in [6, 6.07) is 0. The SMILES string of the molecule is CCC[C@@H](C/C=N/OCCN)[C@@]1(C)CC[C@H]2[C@@H](CC[C@@H]3C[C@@H](O)CC[C@@]32C)C1=O. The van der Waals surface area contributed by atoms with Crippen LogP contribution in [0.25, 0.3) is 0 Å². The predicted octanol–water partition coefficient (Wildman–Crippen LogP) is 4.32. The molecule has 0 radical (unpaired) electrons. The molecule has 0 aromatic rings. The molecular weight excluding hydrogens is 364 g/mol. The normalized spacial score (nSPS) is 41.1. The van der Waals surface area contributed by atoms with Crippen molar-refractivity contribution in [1.82, 2.24) is 0 Å². The summed E-state index contributed by atoms with van der Waals surface area (Å²) in [5.74, 6) is 2.12. The molecule has 3 aliphatic carbocycles. The van der Waals surface area contributed by atoms with Crippen molar-refractivity contribution in [3.63, 3.8) is 0 Å². The predicted molar refractivity (Wildman–Crippen MR) is 117 cm³/mol. The molecule has 7 atom stereocenters. The summed E-state index contributed by atoms with van der Waals surface area (Å²) >= 11 is 0. The molecule has 0 amide bonds. The number of nitrogens with two attached hydrogens (primary N) is 1. The molecule has 0 aromatic heterocycles. The van der Waals surface area contributed by atoms with Crippen molar-refractivity contribution in [1.29, 1.82) is 0 Å². The molecule has 29 heavy (non-hydrogen) atoms. The molecule has 0 spiro atoms. The van der Waals surface area contributed by atoms with Gasteiger partial charge >= 0.3 is 0 Å². The number of aliphatic hydroxyl groups excluding tert-OH is 1. The lowest BCUT2D eigenvalue weighted by atomic mass is 9.45. The third-order valence-corrected chi connectivity index (χ3v) is 8.83. The van der Waals surface area contributed by atoms with E-state index >= 15 is 0 Å². The number of aliphatic hydroxyl groups is 1. The molecule has 0 aromatic carbocycles. The fraction of sp³-hybridized carbons (Fsp3) is 0.917. The van der Waals surface area contributed by atoms with Crippen molar-refractivity contribution in [2.24, 2.45) is 45.4 Å². The number of hydrogen-bond donors (Lipinski definition) is 2. The molecule has 0 heterocycles. The lowest BCUT2D eigenvalue weighted by Gasteiger charge is -2.58. The number of rotatable bonds is 8. The smallest absolute Gasteiger partial charge is 0.142 e. The van der Waals surface area contributed by atoms with Gasteiger partial charge in [-0.05, 0) is 81.0 Å². The molecule has 0 bridgehead atoms. The second kappa shape index (κ2) is 9.47. The maximum Gasteiger partial charge on any atom is 0.142 e. The molecule has 0 unspecified atom stereocenters. The van der Waals surface area contributed by atoms with E-state index in [9.17, 15) is 9.90 Å². The molecule has 3 fully saturated rings. The van der Waals surface area contributed by atoms with Crippen LogP contribution in [-0.4, -0.2) is 36.4 Å². The van der Waals surface area contributed by atoms with Gasteiger partial charge < -0.3 is 15.7 Å². The molecule has 0 aliphatic heterocycles. The van der Waals surface area contributed by atoms with Crippen LogP contribution in [0.3, 0.4) is 0 Å². The molecular formula is C24H42N2O3. The van der Waals surface area contributed by atoms with E-state index < -0.39 is 0 Å². The van der Waals surface area contributed by atoms with Crippen LogP contribution in [0.5, 0.6) is 0 Å². The van der Waals surface area contributed by atoms with Crippen LogP contribution in [0.2, 0.25) is 0 Å². The van der Waals surface area contributed by atoms with Crippen LogP contribution in [0.1, 0.15) is 85.0 Å². The van der Waals surface area contributed by atoms with Crippen molar-refractivity contribution in [2.75, 3.05) is 13.2 Å². The molecule has 5 heteroatoms. The highest BCUT2D eigenvalue weighted by molar-refractivity contribution is 5.88. The largest absolute Gasteiger partial charge is 0.395 e. The minimum atomic E-state index is -0.256. The fourth-order valence-electron chi connectivity index (χ4n) is 7.00. The van der Waals surface area contributed by atoms with Crippen LogP contribution in [0.15, 0.2) is 5.16 Å². The van der Waals surface area contributed by atoms with Gasteiger partial charge in [-0.25, -0.2) is 0 Å². The first-order valence-electron chi connectivity index (χ1n) is 11.9. The number of ketones is 1. The zero-order valence-corrected chi connectivity index (χ0v) is 18.7. The summed E-state index contributed by atoms with van der Waals surface area (Å²) in [4.78, 5) is 19.0. The second-order valence-electron chi connectivity index (χ2n) is 10.4. The first kappa shape index (κ1) is 22.7. The molecule has 166 valence electrons. The van der Waals surface area contributed by atoms with Crippen LogP contribution < -0.4 is 5.73 Å². The minimum Gasteiger partial charge on any atom is -0.395 e. The zero-order valence-electron chi connectivity index (χ0n) is 18.7. The number of carbonyl (C=O) groups is 1. The van der Waals surface area contributed by atoms with Crippen molar-refractivity contribution in [2.45, 2.75) is 91.1 Å². The number of oxime groups is 1. The number of fused-ring (bicyclic) bond motifs is 3. The highest BCUT2D eigenvalue weighted by atomic mass is 16.6.